The highest BCUT2D eigenvalue weighted by atomic mass is 19.1. The lowest BCUT2D eigenvalue weighted by atomic mass is 10.1. The SMILES string of the molecule is COc1cc(CNCc2ccc(F)c(CO)c2)c2c(c1)CC(C)O2. The number of hydrogen-bond donors (Lipinski definition) is 2. The van der Waals surface area contributed by atoms with E-state index in [2.05, 4.69) is 12.2 Å². The summed E-state index contributed by atoms with van der Waals surface area (Å²) in [5, 5.41) is 12.5. The van der Waals surface area contributed by atoms with Crippen LogP contribution in [0.5, 0.6) is 11.5 Å². The van der Waals surface area contributed by atoms with E-state index < -0.39 is 0 Å². The van der Waals surface area contributed by atoms with E-state index >= 15 is 0 Å². The molecule has 1 unspecified atom stereocenters. The maximum absolute atomic E-state index is 13.4. The lowest BCUT2D eigenvalue weighted by Crippen LogP contribution is -2.14. The highest BCUT2D eigenvalue weighted by Crippen LogP contribution is 2.36. The average molecular weight is 331 g/mol. The zero-order valence-corrected chi connectivity index (χ0v) is 13.9. The number of aliphatic hydroxyl groups excluding tert-OH is 1. The number of hydrogen-bond acceptors (Lipinski definition) is 4. The van der Waals surface area contributed by atoms with Gasteiger partial charge < -0.3 is 19.9 Å². The quantitative estimate of drug-likeness (QED) is 0.854. The molecule has 128 valence electrons. The van der Waals surface area contributed by atoms with E-state index in [0.717, 1.165) is 29.0 Å². The molecule has 2 N–H and O–H groups in total. The lowest BCUT2D eigenvalue weighted by molar-refractivity contribution is 0.252. The van der Waals surface area contributed by atoms with Crippen molar-refractivity contribution in [1.82, 2.24) is 5.32 Å². The second kappa shape index (κ2) is 7.20. The normalized spacial score (nSPS) is 15.9. The molecule has 0 saturated carbocycles. The van der Waals surface area contributed by atoms with E-state index in [9.17, 15) is 4.39 Å². The van der Waals surface area contributed by atoms with Gasteiger partial charge in [0.2, 0.25) is 0 Å². The van der Waals surface area contributed by atoms with Gasteiger partial charge in [0, 0.05) is 36.2 Å². The Bertz CT molecular complexity index is 733. The van der Waals surface area contributed by atoms with Gasteiger partial charge in [-0.25, -0.2) is 4.39 Å². The Balaban J connectivity index is 1.70. The summed E-state index contributed by atoms with van der Waals surface area (Å²) in [6, 6.07) is 8.78. The van der Waals surface area contributed by atoms with Crippen LogP contribution in [-0.4, -0.2) is 18.3 Å². The van der Waals surface area contributed by atoms with Crippen molar-refractivity contribution in [3.05, 3.63) is 58.4 Å². The second-order valence-corrected chi connectivity index (χ2v) is 6.09. The highest BCUT2D eigenvalue weighted by molar-refractivity contribution is 5.49. The van der Waals surface area contributed by atoms with E-state index in [1.807, 2.05) is 12.1 Å². The average Bonchev–Trinajstić information content (AvgIpc) is 2.96. The summed E-state index contributed by atoms with van der Waals surface area (Å²) in [4.78, 5) is 0. The first kappa shape index (κ1) is 16.7. The molecular formula is C19H22FNO3. The van der Waals surface area contributed by atoms with Gasteiger partial charge in [-0.1, -0.05) is 6.07 Å². The molecule has 24 heavy (non-hydrogen) atoms. The summed E-state index contributed by atoms with van der Waals surface area (Å²) in [6.45, 7) is 2.96. The molecule has 0 amide bonds. The number of nitrogens with one attached hydrogen (secondary N) is 1. The largest absolute Gasteiger partial charge is 0.497 e. The Kier molecular flexibility index (Phi) is 5.02. The predicted molar refractivity (Wildman–Crippen MR) is 89.7 cm³/mol. The maximum Gasteiger partial charge on any atom is 0.128 e. The van der Waals surface area contributed by atoms with Gasteiger partial charge in [0.15, 0.2) is 0 Å². The van der Waals surface area contributed by atoms with Gasteiger partial charge in [0.05, 0.1) is 13.7 Å². The van der Waals surface area contributed by atoms with Gasteiger partial charge in [-0.3, -0.25) is 0 Å². The summed E-state index contributed by atoms with van der Waals surface area (Å²) in [5.74, 6) is 1.38. The Hall–Kier alpha value is -2.11. The fourth-order valence-corrected chi connectivity index (χ4v) is 3.03. The predicted octanol–water partition coefficient (Wildman–Crippen LogP) is 2.94. The first-order valence-electron chi connectivity index (χ1n) is 8.06. The third-order valence-electron chi connectivity index (χ3n) is 4.20. The number of halogens is 1. The molecule has 1 heterocycles. The molecule has 2 aromatic rings. The number of aliphatic hydroxyl groups is 1. The first-order valence-corrected chi connectivity index (χ1v) is 8.06. The molecule has 4 nitrogen and oxygen atoms in total. The Labute approximate surface area is 141 Å². The van der Waals surface area contributed by atoms with Gasteiger partial charge in [0.1, 0.15) is 23.4 Å². The number of ether oxygens (including phenoxy) is 2. The van der Waals surface area contributed by atoms with Crippen molar-refractivity contribution in [3.8, 4) is 11.5 Å². The molecule has 0 radical (unpaired) electrons. The van der Waals surface area contributed by atoms with Gasteiger partial charge >= 0.3 is 0 Å². The standard InChI is InChI=1S/C19H22FNO3/c1-12-5-14-7-17(23-2)8-15(19(14)24-12)10-21-9-13-3-4-18(20)16(6-13)11-22/h3-4,6-8,12,21-22H,5,9-11H2,1-2H3. The summed E-state index contributed by atoms with van der Waals surface area (Å²) < 4.78 is 24.7. The van der Waals surface area contributed by atoms with Crippen molar-refractivity contribution in [1.29, 1.82) is 0 Å². The van der Waals surface area contributed by atoms with Crippen molar-refractivity contribution in [3.63, 3.8) is 0 Å². The van der Waals surface area contributed by atoms with Crippen LogP contribution in [-0.2, 0) is 26.1 Å². The Morgan fingerprint density at radius 1 is 1.25 bits per heavy atom. The van der Waals surface area contributed by atoms with Crippen molar-refractivity contribution >= 4 is 0 Å². The molecule has 0 spiro atoms. The van der Waals surface area contributed by atoms with Crippen LogP contribution in [0.2, 0.25) is 0 Å². The van der Waals surface area contributed by atoms with Gasteiger partial charge in [0.25, 0.3) is 0 Å². The second-order valence-electron chi connectivity index (χ2n) is 6.09. The number of methoxy groups -OCH3 is 1. The maximum atomic E-state index is 13.4. The number of fused-ring (bicyclic) bond motifs is 1. The van der Waals surface area contributed by atoms with E-state index in [1.165, 1.54) is 11.6 Å². The van der Waals surface area contributed by atoms with Gasteiger partial charge in [-0.2, -0.15) is 0 Å². The van der Waals surface area contributed by atoms with E-state index in [1.54, 1.807) is 19.2 Å². The van der Waals surface area contributed by atoms with E-state index in [-0.39, 0.29) is 18.5 Å². The molecule has 0 aliphatic carbocycles. The minimum absolute atomic E-state index is 0.176. The molecule has 0 fully saturated rings. The topological polar surface area (TPSA) is 50.7 Å². The van der Waals surface area contributed by atoms with Gasteiger partial charge in [-0.05, 0) is 36.8 Å². The summed E-state index contributed by atoms with van der Waals surface area (Å²) >= 11 is 0. The summed E-state index contributed by atoms with van der Waals surface area (Å²) in [6.07, 6.45) is 1.06. The summed E-state index contributed by atoms with van der Waals surface area (Å²) in [7, 11) is 1.66. The molecule has 0 bridgehead atoms. The minimum atomic E-state index is -0.380. The van der Waals surface area contributed by atoms with Crippen molar-refractivity contribution in [2.24, 2.45) is 0 Å². The van der Waals surface area contributed by atoms with Crippen LogP contribution in [0.4, 0.5) is 4.39 Å². The molecule has 1 aliphatic heterocycles. The minimum Gasteiger partial charge on any atom is -0.497 e. The third kappa shape index (κ3) is 3.52. The smallest absolute Gasteiger partial charge is 0.128 e. The zero-order valence-electron chi connectivity index (χ0n) is 13.9. The van der Waals surface area contributed by atoms with Crippen molar-refractivity contribution in [2.75, 3.05) is 7.11 Å². The molecule has 3 rings (SSSR count). The lowest BCUT2D eigenvalue weighted by Gasteiger charge is -2.13. The summed E-state index contributed by atoms with van der Waals surface area (Å²) in [5.41, 5.74) is 3.46. The molecular weight excluding hydrogens is 309 g/mol. The van der Waals surface area contributed by atoms with Crippen LogP contribution in [0.15, 0.2) is 30.3 Å². The number of benzene rings is 2. The molecule has 0 saturated heterocycles. The molecule has 1 aliphatic rings. The fourth-order valence-electron chi connectivity index (χ4n) is 3.03. The van der Waals surface area contributed by atoms with Crippen molar-refractivity contribution < 1.29 is 19.0 Å². The highest BCUT2D eigenvalue weighted by Gasteiger charge is 2.23. The van der Waals surface area contributed by atoms with Crippen LogP contribution < -0.4 is 14.8 Å². The van der Waals surface area contributed by atoms with Crippen LogP contribution in [0, 0.1) is 5.82 Å². The molecule has 0 aromatic heterocycles. The fraction of sp³-hybridized carbons (Fsp3) is 0.368. The van der Waals surface area contributed by atoms with Gasteiger partial charge in [-0.15, -0.1) is 0 Å². The van der Waals surface area contributed by atoms with Crippen LogP contribution in [0.25, 0.3) is 0 Å². The Morgan fingerprint density at radius 3 is 2.83 bits per heavy atom. The first-order chi connectivity index (χ1) is 11.6. The van der Waals surface area contributed by atoms with Crippen LogP contribution in [0.3, 0.4) is 0 Å². The van der Waals surface area contributed by atoms with Crippen LogP contribution in [0.1, 0.15) is 29.2 Å². The zero-order chi connectivity index (χ0) is 17.1. The van der Waals surface area contributed by atoms with E-state index in [0.29, 0.717) is 18.7 Å². The van der Waals surface area contributed by atoms with Crippen LogP contribution >= 0.6 is 0 Å². The monoisotopic (exact) mass is 331 g/mol. The molecule has 1 atom stereocenters. The number of rotatable bonds is 6. The third-order valence-corrected chi connectivity index (χ3v) is 4.20. The Morgan fingerprint density at radius 2 is 2.08 bits per heavy atom. The molecule has 5 heteroatoms. The molecule has 2 aromatic carbocycles. The van der Waals surface area contributed by atoms with E-state index in [4.69, 9.17) is 14.6 Å². The van der Waals surface area contributed by atoms with Crippen molar-refractivity contribution in [2.45, 2.75) is 39.1 Å².